The fraction of sp³-hybridized carbons (Fsp3) is 0.667. The van der Waals surface area contributed by atoms with Gasteiger partial charge in [-0.3, -0.25) is 9.58 Å². The molecule has 1 aliphatic heterocycles. The third-order valence-corrected chi connectivity index (χ3v) is 3.32. The van der Waals surface area contributed by atoms with Gasteiger partial charge in [-0.1, -0.05) is 0 Å². The highest BCUT2D eigenvalue weighted by Crippen LogP contribution is 2.20. The summed E-state index contributed by atoms with van der Waals surface area (Å²) in [6.45, 7) is 6.85. The van der Waals surface area contributed by atoms with Crippen LogP contribution in [-0.4, -0.2) is 52.8 Å². The first-order chi connectivity index (χ1) is 8.24. The molecular formula is C12H19N5. The molecule has 5 heteroatoms. The van der Waals surface area contributed by atoms with Crippen molar-refractivity contribution in [3.05, 3.63) is 18.0 Å². The second-order valence-electron chi connectivity index (χ2n) is 4.50. The van der Waals surface area contributed by atoms with E-state index in [2.05, 4.69) is 28.0 Å². The Hall–Kier alpha value is -1.38. The number of aryl methyl sites for hydroxylation is 1. The molecule has 1 atom stereocenters. The van der Waals surface area contributed by atoms with Crippen LogP contribution < -0.4 is 0 Å². The molecule has 5 nitrogen and oxygen atoms in total. The molecule has 0 aliphatic carbocycles. The van der Waals surface area contributed by atoms with Gasteiger partial charge in [0.25, 0.3) is 0 Å². The molecule has 1 fully saturated rings. The Morgan fingerprint density at radius 1 is 1.41 bits per heavy atom. The van der Waals surface area contributed by atoms with Crippen LogP contribution in [0.5, 0.6) is 0 Å². The standard InChI is InChI=1S/C12H19N5/c1-3-17-10-11(9-14-17)12(8-13)16-6-4-15(2)5-7-16/h9-10,12H,3-7H2,1-2H3. The average Bonchev–Trinajstić information content (AvgIpc) is 2.81. The van der Waals surface area contributed by atoms with E-state index in [0.29, 0.717) is 0 Å². The molecule has 0 N–H and O–H groups in total. The van der Waals surface area contributed by atoms with Crippen LogP contribution in [0.4, 0.5) is 0 Å². The van der Waals surface area contributed by atoms with Crippen molar-refractivity contribution in [1.29, 1.82) is 5.26 Å². The van der Waals surface area contributed by atoms with Gasteiger partial charge in [0.05, 0.1) is 12.3 Å². The normalized spacial score (nSPS) is 20.1. The molecule has 0 spiro atoms. The van der Waals surface area contributed by atoms with Crippen LogP contribution in [0, 0.1) is 11.3 Å². The summed E-state index contributed by atoms with van der Waals surface area (Å²) in [7, 11) is 2.12. The minimum absolute atomic E-state index is 0.149. The first-order valence-electron chi connectivity index (χ1n) is 6.09. The molecule has 2 rings (SSSR count). The maximum Gasteiger partial charge on any atom is 0.126 e. The number of aromatic nitrogens is 2. The van der Waals surface area contributed by atoms with E-state index >= 15 is 0 Å². The van der Waals surface area contributed by atoms with Gasteiger partial charge in [-0.25, -0.2) is 0 Å². The lowest BCUT2D eigenvalue weighted by atomic mass is 10.1. The zero-order valence-corrected chi connectivity index (χ0v) is 10.5. The molecule has 0 amide bonds. The zero-order valence-electron chi connectivity index (χ0n) is 10.5. The van der Waals surface area contributed by atoms with Crippen molar-refractivity contribution in [2.45, 2.75) is 19.5 Å². The highest BCUT2D eigenvalue weighted by Gasteiger charge is 2.24. The molecule has 92 valence electrons. The van der Waals surface area contributed by atoms with E-state index in [1.165, 1.54) is 0 Å². The number of rotatable bonds is 3. The highest BCUT2D eigenvalue weighted by molar-refractivity contribution is 5.18. The monoisotopic (exact) mass is 233 g/mol. The third kappa shape index (κ3) is 2.65. The van der Waals surface area contributed by atoms with Gasteiger partial charge in [0.1, 0.15) is 6.04 Å². The molecule has 1 aliphatic rings. The van der Waals surface area contributed by atoms with E-state index < -0.39 is 0 Å². The van der Waals surface area contributed by atoms with Crippen molar-refractivity contribution in [2.24, 2.45) is 0 Å². The van der Waals surface area contributed by atoms with E-state index in [-0.39, 0.29) is 6.04 Å². The molecule has 1 aromatic rings. The Bertz CT molecular complexity index is 397. The van der Waals surface area contributed by atoms with Crippen molar-refractivity contribution in [1.82, 2.24) is 19.6 Å². The minimum Gasteiger partial charge on any atom is -0.304 e. The molecule has 2 heterocycles. The topological polar surface area (TPSA) is 48.1 Å². The SMILES string of the molecule is CCn1cc(C(C#N)N2CCN(C)CC2)cn1. The summed E-state index contributed by atoms with van der Waals surface area (Å²) < 4.78 is 1.87. The largest absolute Gasteiger partial charge is 0.304 e. The lowest BCUT2D eigenvalue weighted by Crippen LogP contribution is -2.45. The summed E-state index contributed by atoms with van der Waals surface area (Å²) in [6, 6.07) is 2.25. The van der Waals surface area contributed by atoms with E-state index in [1.54, 1.807) is 0 Å². The van der Waals surface area contributed by atoms with Gasteiger partial charge in [0.15, 0.2) is 0 Å². The Morgan fingerprint density at radius 2 is 2.12 bits per heavy atom. The quantitative estimate of drug-likeness (QED) is 0.771. The molecule has 0 radical (unpaired) electrons. The third-order valence-electron chi connectivity index (χ3n) is 3.32. The van der Waals surface area contributed by atoms with Gasteiger partial charge in [0.2, 0.25) is 0 Å². The van der Waals surface area contributed by atoms with E-state index in [0.717, 1.165) is 38.3 Å². The van der Waals surface area contributed by atoms with Gasteiger partial charge < -0.3 is 4.90 Å². The molecular weight excluding hydrogens is 214 g/mol. The summed E-state index contributed by atoms with van der Waals surface area (Å²) in [4.78, 5) is 4.53. The summed E-state index contributed by atoms with van der Waals surface area (Å²) in [6.07, 6.45) is 3.79. The van der Waals surface area contributed by atoms with Crippen LogP contribution in [0.25, 0.3) is 0 Å². The molecule has 0 saturated carbocycles. The van der Waals surface area contributed by atoms with Crippen LogP contribution in [0.3, 0.4) is 0 Å². The first-order valence-corrected chi connectivity index (χ1v) is 6.09. The fourth-order valence-electron chi connectivity index (χ4n) is 2.14. The van der Waals surface area contributed by atoms with Gasteiger partial charge in [-0.2, -0.15) is 10.4 Å². The van der Waals surface area contributed by atoms with E-state index in [4.69, 9.17) is 0 Å². The van der Waals surface area contributed by atoms with Crippen molar-refractivity contribution >= 4 is 0 Å². The predicted octanol–water partition coefficient (Wildman–Crippen LogP) is 0.715. The second kappa shape index (κ2) is 5.30. The molecule has 1 unspecified atom stereocenters. The van der Waals surface area contributed by atoms with Crippen molar-refractivity contribution < 1.29 is 0 Å². The van der Waals surface area contributed by atoms with Crippen molar-refractivity contribution in [2.75, 3.05) is 33.2 Å². The average molecular weight is 233 g/mol. The van der Waals surface area contributed by atoms with Crippen LogP contribution in [0.1, 0.15) is 18.5 Å². The maximum atomic E-state index is 9.34. The lowest BCUT2D eigenvalue weighted by Gasteiger charge is -2.34. The molecule has 17 heavy (non-hydrogen) atoms. The number of piperazine rings is 1. The van der Waals surface area contributed by atoms with Crippen LogP contribution in [0.2, 0.25) is 0 Å². The minimum atomic E-state index is -0.149. The smallest absolute Gasteiger partial charge is 0.126 e. The first kappa shape index (κ1) is 12.1. The zero-order chi connectivity index (χ0) is 12.3. The number of hydrogen-bond donors (Lipinski definition) is 0. The van der Waals surface area contributed by atoms with E-state index in [9.17, 15) is 5.26 Å². The van der Waals surface area contributed by atoms with Gasteiger partial charge in [-0.15, -0.1) is 0 Å². The Morgan fingerprint density at radius 3 is 2.65 bits per heavy atom. The van der Waals surface area contributed by atoms with Gasteiger partial charge >= 0.3 is 0 Å². The summed E-state index contributed by atoms with van der Waals surface area (Å²) in [5.74, 6) is 0. The molecule has 0 bridgehead atoms. The maximum absolute atomic E-state index is 9.34. The Balaban J connectivity index is 2.08. The van der Waals surface area contributed by atoms with Crippen LogP contribution in [-0.2, 0) is 6.54 Å². The predicted molar refractivity (Wildman–Crippen MR) is 65.3 cm³/mol. The molecule has 0 aromatic carbocycles. The fourth-order valence-corrected chi connectivity index (χ4v) is 2.14. The Labute approximate surface area is 102 Å². The number of likely N-dealkylation sites (N-methyl/N-ethyl adjacent to an activating group) is 1. The number of nitrogens with zero attached hydrogens (tertiary/aromatic N) is 5. The Kier molecular flexibility index (Phi) is 3.77. The summed E-state index contributed by atoms with van der Waals surface area (Å²) in [5.41, 5.74) is 1.01. The van der Waals surface area contributed by atoms with Gasteiger partial charge in [0, 0.05) is 44.5 Å². The van der Waals surface area contributed by atoms with Crippen LogP contribution in [0.15, 0.2) is 12.4 Å². The number of nitriles is 1. The number of hydrogen-bond acceptors (Lipinski definition) is 4. The highest BCUT2D eigenvalue weighted by atomic mass is 15.3. The van der Waals surface area contributed by atoms with Crippen LogP contribution >= 0.6 is 0 Å². The summed E-state index contributed by atoms with van der Waals surface area (Å²) in [5, 5.41) is 13.6. The second-order valence-corrected chi connectivity index (χ2v) is 4.50. The molecule has 1 saturated heterocycles. The summed E-state index contributed by atoms with van der Waals surface area (Å²) >= 11 is 0. The van der Waals surface area contributed by atoms with Crippen molar-refractivity contribution in [3.8, 4) is 6.07 Å². The van der Waals surface area contributed by atoms with Gasteiger partial charge in [-0.05, 0) is 14.0 Å². The van der Waals surface area contributed by atoms with Crippen molar-refractivity contribution in [3.63, 3.8) is 0 Å². The van der Waals surface area contributed by atoms with E-state index in [1.807, 2.05) is 24.0 Å². The lowest BCUT2D eigenvalue weighted by molar-refractivity contribution is 0.133. The molecule has 1 aromatic heterocycles.